The minimum atomic E-state index is -1.03. The number of Topliss-reactive ketones (excluding diaryl/α,β-unsaturated/α-hetero) is 1. The molecule has 0 saturated carbocycles. The second kappa shape index (κ2) is 7.50. The van der Waals surface area contributed by atoms with Crippen LogP contribution in [0, 0.1) is 11.6 Å². The van der Waals surface area contributed by atoms with Gasteiger partial charge in [0.05, 0.1) is 5.75 Å². The molecule has 24 heavy (non-hydrogen) atoms. The molecule has 2 aromatic carbocycles. The Hall–Kier alpha value is -2.32. The predicted molar refractivity (Wildman–Crippen MR) is 91.0 cm³/mol. The van der Waals surface area contributed by atoms with E-state index in [9.17, 15) is 13.6 Å². The number of nitrogens with zero attached hydrogens (tertiary/aromatic N) is 2. The van der Waals surface area contributed by atoms with Crippen molar-refractivity contribution in [3.8, 4) is 0 Å². The summed E-state index contributed by atoms with van der Waals surface area (Å²) in [5.41, 5.74) is 1.02. The molecule has 0 fully saturated rings. The highest BCUT2D eigenvalue weighted by Gasteiger charge is 2.12. The number of hydrogen-bond acceptors (Lipinski definition) is 6. The van der Waals surface area contributed by atoms with Crippen LogP contribution in [0.15, 0.2) is 52.9 Å². The van der Waals surface area contributed by atoms with Crippen LogP contribution in [0.25, 0.3) is 0 Å². The highest BCUT2D eigenvalue weighted by molar-refractivity contribution is 8.01. The van der Waals surface area contributed by atoms with Crippen molar-refractivity contribution in [3.63, 3.8) is 0 Å². The van der Waals surface area contributed by atoms with Crippen molar-refractivity contribution in [2.75, 3.05) is 11.1 Å². The number of ketones is 1. The van der Waals surface area contributed by atoms with Crippen molar-refractivity contribution in [1.82, 2.24) is 10.2 Å². The minimum Gasteiger partial charge on any atom is -0.330 e. The zero-order valence-electron chi connectivity index (χ0n) is 12.2. The number of rotatable bonds is 6. The monoisotopic (exact) mass is 363 g/mol. The SMILES string of the molecule is O=C(CSc1nnc(Nc2ccccc2)s1)c1ccc(F)c(F)c1. The third-order valence-electron chi connectivity index (χ3n) is 3.00. The van der Waals surface area contributed by atoms with Gasteiger partial charge < -0.3 is 5.32 Å². The second-order valence-corrected chi connectivity index (χ2v) is 6.90. The van der Waals surface area contributed by atoms with Crippen LogP contribution in [0.1, 0.15) is 10.4 Å². The van der Waals surface area contributed by atoms with Gasteiger partial charge in [0, 0.05) is 11.3 Å². The molecule has 0 saturated heterocycles. The summed E-state index contributed by atoms with van der Waals surface area (Å²) in [6, 6.07) is 12.6. The summed E-state index contributed by atoms with van der Waals surface area (Å²) in [6.07, 6.45) is 0. The van der Waals surface area contributed by atoms with Crippen LogP contribution in [0.2, 0.25) is 0 Å². The van der Waals surface area contributed by atoms with Crippen molar-refractivity contribution in [1.29, 1.82) is 0 Å². The highest BCUT2D eigenvalue weighted by Crippen LogP contribution is 2.28. The molecule has 4 nitrogen and oxygen atoms in total. The zero-order valence-corrected chi connectivity index (χ0v) is 13.8. The number of halogens is 2. The first-order valence-electron chi connectivity index (χ1n) is 6.88. The molecule has 1 N–H and O–H groups in total. The molecule has 8 heteroatoms. The summed E-state index contributed by atoms with van der Waals surface area (Å²) in [4.78, 5) is 12.0. The van der Waals surface area contributed by atoms with Gasteiger partial charge in [-0.15, -0.1) is 10.2 Å². The van der Waals surface area contributed by atoms with E-state index < -0.39 is 11.6 Å². The first-order chi connectivity index (χ1) is 11.6. The number of hydrogen-bond donors (Lipinski definition) is 1. The maximum atomic E-state index is 13.2. The number of para-hydroxylation sites is 1. The maximum Gasteiger partial charge on any atom is 0.210 e. The molecular formula is C16H11F2N3OS2. The zero-order chi connectivity index (χ0) is 16.9. The number of carbonyl (C=O) groups excluding carboxylic acids is 1. The smallest absolute Gasteiger partial charge is 0.210 e. The number of benzene rings is 2. The molecule has 0 atom stereocenters. The lowest BCUT2D eigenvalue weighted by atomic mass is 10.1. The maximum absolute atomic E-state index is 13.2. The van der Waals surface area contributed by atoms with Crippen molar-refractivity contribution in [3.05, 3.63) is 65.7 Å². The Morgan fingerprint density at radius 3 is 2.62 bits per heavy atom. The van der Waals surface area contributed by atoms with Crippen molar-refractivity contribution >= 4 is 39.7 Å². The van der Waals surface area contributed by atoms with Gasteiger partial charge in [0.25, 0.3) is 0 Å². The predicted octanol–water partition coefficient (Wildman–Crippen LogP) is 4.53. The lowest BCUT2D eigenvalue weighted by Crippen LogP contribution is -2.03. The molecule has 1 aromatic heterocycles. The Balaban J connectivity index is 1.59. The number of nitrogens with one attached hydrogen (secondary N) is 1. The molecule has 0 bridgehead atoms. The Bertz CT molecular complexity index is 856. The normalized spacial score (nSPS) is 10.6. The number of aromatic nitrogens is 2. The largest absolute Gasteiger partial charge is 0.330 e. The molecular weight excluding hydrogens is 352 g/mol. The number of carbonyl (C=O) groups is 1. The highest BCUT2D eigenvalue weighted by atomic mass is 32.2. The summed E-state index contributed by atoms with van der Waals surface area (Å²) in [5.74, 6) is -2.23. The fourth-order valence-corrected chi connectivity index (χ4v) is 3.51. The Morgan fingerprint density at radius 2 is 1.88 bits per heavy atom. The van der Waals surface area contributed by atoms with Crippen LogP contribution < -0.4 is 5.32 Å². The molecule has 0 aliphatic carbocycles. The first kappa shape index (κ1) is 16.5. The van der Waals surface area contributed by atoms with E-state index in [-0.39, 0.29) is 17.1 Å². The van der Waals surface area contributed by atoms with Crippen LogP contribution in [-0.4, -0.2) is 21.7 Å². The van der Waals surface area contributed by atoms with Gasteiger partial charge in [-0.2, -0.15) is 0 Å². The molecule has 0 radical (unpaired) electrons. The van der Waals surface area contributed by atoms with Gasteiger partial charge in [0.2, 0.25) is 5.13 Å². The average Bonchev–Trinajstić information content (AvgIpc) is 3.03. The third-order valence-corrected chi connectivity index (χ3v) is 4.97. The van der Waals surface area contributed by atoms with Gasteiger partial charge in [0.15, 0.2) is 21.8 Å². The molecule has 1 heterocycles. The fourth-order valence-electron chi connectivity index (χ4n) is 1.84. The van der Waals surface area contributed by atoms with Crippen LogP contribution in [0.5, 0.6) is 0 Å². The second-order valence-electron chi connectivity index (χ2n) is 4.70. The van der Waals surface area contributed by atoms with Crippen LogP contribution in [0.3, 0.4) is 0 Å². The number of anilines is 2. The fraction of sp³-hybridized carbons (Fsp3) is 0.0625. The van der Waals surface area contributed by atoms with E-state index in [4.69, 9.17) is 0 Å². The van der Waals surface area contributed by atoms with Gasteiger partial charge in [-0.3, -0.25) is 4.79 Å². The van der Waals surface area contributed by atoms with Crippen molar-refractivity contribution < 1.29 is 13.6 Å². The average molecular weight is 363 g/mol. The quantitative estimate of drug-likeness (QED) is 0.515. The first-order valence-corrected chi connectivity index (χ1v) is 8.68. The van der Waals surface area contributed by atoms with Gasteiger partial charge >= 0.3 is 0 Å². The third kappa shape index (κ3) is 4.15. The van der Waals surface area contributed by atoms with E-state index in [2.05, 4.69) is 15.5 Å². The van der Waals surface area contributed by atoms with E-state index in [1.165, 1.54) is 29.2 Å². The van der Waals surface area contributed by atoms with Crippen molar-refractivity contribution in [2.24, 2.45) is 0 Å². The van der Waals surface area contributed by atoms with Crippen LogP contribution >= 0.6 is 23.1 Å². The molecule has 0 unspecified atom stereocenters. The van der Waals surface area contributed by atoms with E-state index >= 15 is 0 Å². The summed E-state index contributed by atoms with van der Waals surface area (Å²) < 4.78 is 26.6. The summed E-state index contributed by atoms with van der Waals surface area (Å²) in [6.45, 7) is 0. The lowest BCUT2D eigenvalue weighted by Gasteiger charge is -2.00. The van der Waals surface area contributed by atoms with E-state index in [1.54, 1.807) is 0 Å². The molecule has 3 aromatic rings. The molecule has 0 spiro atoms. The summed E-state index contributed by atoms with van der Waals surface area (Å²) in [5, 5.41) is 11.7. The number of thioether (sulfide) groups is 1. The van der Waals surface area contributed by atoms with Crippen LogP contribution in [0.4, 0.5) is 19.6 Å². The van der Waals surface area contributed by atoms with Gasteiger partial charge in [-0.05, 0) is 30.3 Å². The Kier molecular flexibility index (Phi) is 5.17. The molecule has 0 aliphatic heterocycles. The molecule has 122 valence electrons. The Labute approximate surface area is 144 Å². The van der Waals surface area contributed by atoms with Crippen molar-refractivity contribution in [2.45, 2.75) is 4.34 Å². The standard InChI is InChI=1S/C16H11F2N3OS2/c17-12-7-6-10(8-13(12)18)14(22)9-23-16-21-20-15(24-16)19-11-4-2-1-3-5-11/h1-8H,9H2,(H,19,20). The molecule has 0 aliphatic rings. The molecule has 3 rings (SSSR count). The van der Waals surface area contributed by atoms with Gasteiger partial charge in [-0.1, -0.05) is 41.3 Å². The Morgan fingerprint density at radius 1 is 1.08 bits per heavy atom. The molecule has 0 amide bonds. The van der Waals surface area contributed by atoms with E-state index in [1.807, 2.05) is 30.3 Å². The van der Waals surface area contributed by atoms with Gasteiger partial charge in [0.1, 0.15) is 0 Å². The summed E-state index contributed by atoms with van der Waals surface area (Å²) in [7, 11) is 0. The van der Waals surface area contributed by atoms with Crippen LogP contribution in [-0.2, 0) is 0 Å². The van der Waals surface area contributed by atoms with E-state index in [0.717, 1.165) is 17.8 Å². The lowest BCUT2D eigenvalue weighted by molar-refractivity contribution is 0.102. The minimum absolute atomic E-state index is 0.0744. The topological polar surface area (TPSA) is 54.9 Å². The summed E-state index contributed by atoms with van der Waals surface area (Å²) >= 11 is 2.52. The van der Waals surface area contributed by atoms with Gasteiger partial charge in [-0.25, -0.2) is 8.78 Å². The van der Waals surface area contributed by atoms with E-state index in [0.29, 0.717) is 9.47 Å².